The zero-order valence-electron chi connectivity index (χ0n) is 11.2. The van der Waals surface area contributed by atoms with Gasteiger partial charge in [0.2, 0.25) is 5.91 Å². The van der Waals surface area contributed by atoms with Crippen LogP contribution in [0.25, 0.3) is 0 Å². The van der Waals surface area contributed by atoms with Crippen molar-refractivity contribution in [3.63, 3.8) is 0 Å². The van der Waals surface area contributed by atoms with Crippen molar-refractivity contribution in [1.29, 1.82) is 0 Å². The molecule has 1 amide bonds. The summed E-state index contributed by atoms with van der Waals surface area (Å²) in [4.78, 5) is 13.0. The maximum Gasteiger partial charge on any atom is 0.238 e. The molecule has 0 aliphatic heterocycles. The average molecular weight is 272 g/mol. The lowest BCUT2D eigenvalue weighted by atomic mass is 10.1. The minimum atomic E-state index is -1.35. The van der Waals surface area contributed by atoms with Crippen LogP contribution < -0.4 is 5.32 Å². The van der Waals surface area contributed by atoms with Gasteiger partial charge in [0.1, 0.15) is 11.6 Å². The Bertz CT molecular complexity index is 432. The lowest BCUT2D eigenvalue weighted by Gasteiger charge is -2.20. The van der Waals surface area contributed by atoms with Crippen LogP contribution in [0.2, 0.25) is 0 Å². The van der Waals surface area contributed by atoms with Gasteiger partial charge >= 0.3 is 0 Å². The summed E-state index contributed by atoms with van der Waals surface area (Å²) in [5.74, 6) is -1.79. The topological polar surface area (TPSA) is 52.6 Å². The second kappa shape index (κ2) is 6.58. The standard InChI is InChI=1S/C13H18F2N2O2/c1-8(13(19)17(2)3)16-7-11(18)12-9(14)5-4-6-10(12)15/h4-6,8,11,16,18H,7H2,1-3H3. The fraction of sp³-hybridized carbons (Fsp3) is 0.462. The van der Waals surface area contributed by atoms with E-state index in [0.717, 1.165) is 12.1 Å². The molecule has 0 saturated carbocycles. The van der Waals surface area contributed by atoms with E-state index < -0.39 is 23.8 Å². The van der Waals surface area contributed by atoms with E-state index in [-0.39, 0.29) is 18.0 Å². The third-order valence-corrected chi connectivity index (χ3v) is 2.76. The summed E-state index contributed by atoms with van der Waals surface area (Å²) in [7, 11) is 3.21. The highest BCUT2D eigenvalue weighted by Crippen LogP contribution is 2.20. The molecule has 1 aromatic rings. The van der Waals surface area contributed by atoms with Crippen LogP contribution in [0.15, 0.2) is 18.2 Å². The number of likely N-dealkylation sites (N-methyl/N-ethyl adjacent to an activating group) is 1. The second-order valence-corrected chi connectivity index (χ2v) is 4.51. The highest BCUT2D eigenvalue weighted by Gasteiger charge is 2.20. The van der Waals surface area contributed by atoms with E-state index in [9.17, 15) is 18.7 Å². The number of halogens is 2. The zero-order valence-corrected chi connectivity index (χ0v) is 11.2. The third kappa shape index (κ3) is 3.97. The molecule has 1 aromatic carbocycles. The number of nitrogens with one attached hydrogen (secondary N) is 1. The summed E-state index contributed by atoms with van der Waals surface area (Å²) >= 11 is 0. The Labute approximate surface area is 111 Å². The average Bonchev–Trinajstić information content (AvgIpc) is 2.34. The molecule has 0 aromatic heterocycles. The molecule has 0 spiro atoms. The molecule has 4 nitrogen and oxygen atoms in total. The molecule has 2 atom stereocenters. The van der Waals surface area contributed by atoms with Gasteiger partial charge < -0.3 is 15.3 Å². The minimum absolute atomic E-state index is 0.112. The molecule has 0 radical (unpaired) electrons. The monoisotopic (exact) mass is 272 g/mol. The molecule has 0 heterocycles. The van der Waals surface area contributed by atoms with Crippen LogP contribution in [0.1, 0.15) is 18.6 Å². The largest absolute Gasteiger partial charge is 0.387 e. The van der Waals surface area contributed by atoms with E-state index in [2.05, 4.69) is 5.32 Å². The molecule has 0 aliphatic carbocycles. The Morgan fingerprint density at radius 2 is 1.89 bits per heavy atom. The molecule has 6 heteroatoms. The molecule has 2 N–H and O–H groups in total. The molecule has 0 aliphatic rings. The lowest BCUT2D eigenvalue weighted by molar-refractivity contribution is -0.130. The van der Waals surface area contributed by atoms with Crippen molar-refractivity contribution in [2.45, 2.75) is 19.1 Å². The number of aliphatic hydroxyl groups excluding tert-OH is 1. The smallest absolute Gasteiger partial charge is 0.238 e. The van der Waals surface area contributed by atoms with Crippen molar-refractivity contribution in [3.05, 3.63) is 35.4 Å². The Hall–Kier alpha value is -1.53. The van der Waals surface area contributed by atoms with Gasteiger partial charge in [-0.3, -0.25) is 4.79 Å². The Balaban J connectivity index is 2.66. The number of amides is 1. The molecule has 0 fully saturated rings. The van der Waals surface area contributed by atoms with E-state index in [1.54, 1.807) is 21.0 Å². The lowest BCUT2D eigenvalue weighted by Crippen LogP contribution is -2.43. The van der Waals surface area contributed by atoms with Gasteiger partial charge in [0.05, 0.1) is 17.7 Å². The number of benzene rings is 1. The number of carbonyl (C=O) groups excluding carboxylic acids is 1. The van der Waals surface area contributed by atoms with Crippen LogP contribution in [0, 0.1) is 11.6 Å². The molecule has 19 heavy (non-hydrogen) atoms. The van der Waals surface area contributed by atoms with E-state index in [1.807, 2.05) is 0 Å². The van der Waals surface area contributed by atoms with Gasteiger partial charge in [-0.05, 0) is 19.1 Å². The van der Waals surface area contributed by atoms with E-state index in [4.69, 9.17) is 0 Å². The molecule has 2 unspecified atom stereocenters. The van der Waals surface area contributed by atoms with Crippen LogP contribution in [0.4, 0.5) is 8.78 Å². The van der Waals surface area contributed by atoms with Gasteiger partial charge in [-0.25, -0.2) is 8.78 Å². The van der Waals surface area contributed by atoms with E-state index >= 15 is 0 Å². The maximum absolute atomic E-state index is 13.4. The number of nitrogens with zero attached hydrogens (tertiary/aromatic N) is 1. The van der Waals surface area contributed by atoms with Gasteiger partial charge in [-0.1, -0.05) is 6.07 Å². The predicted molar refractivity (Wildman–Crippen MR) is 67.5 cm³/mol. The van der Waals surface area contributed by atoms with Crippen LogP contribution in [0.3, 0.4) is 0 Å². The first-order valence-electron chi connectivity index (χ1n) is 5.91. The van der Waals surface area contributed by atoms with E-state index in [0.29, 0.717) is 0 Å². The van der Waals surface area contributed by atoms with Gasteiger partial charge in [0, 0.05) is 20.6 Å². The van der Waals surface area contributed by atoms with Crippen LogP contribution in [-0.2, 0) is 4.79 Å². The molecular weight excluding hydrogens is 254 g/mol. The number of carbonyl (C=O) groups is 1. The first-order chi connectivity index (χ1) is 8.84. The molecule has 0 saturated heterocycles. The predicted octanol–water partition coefficient (Wildman–Crippen LogP) is 1.06. The fourth-order valence-electron chi connectivity index (χ4n) is 1.69. The Morgan fingerprint density at radius 3 is 2.37 bits per heavy atom. The summed E-state index contributed by atoms with van der Waals surface area (Å²) in [6.45, 7) is 1.51. The highest BCUT2D eigenvalue weighted by atomic mass is 19.1. The van der Waals surface area contributed by atoms with Crippen molar-refractivity contribution < 1.29 is 18.7 Å². The number of hydrogen-bond donors (Lipinski definition) is 2. The van der Waals surface area contributed by atoms with Crippen molar-refractivity contribution in [2.75, 3.05) is 20.6 Å². The number of rotatable bonds is 5. The van der Waals surface area contributed by atoms with Crippen LogP contribution in [-0.4, -0.2) is 42.6 Å². The molecule has 1 rings (SSSR count). The maximum atomic E-state index is 13.4. The number of hydrogen-bond acceptors (Lipinski definition) is 3. The minimum Gasteiger partial charge on any atom is -0.387 e. The molecule has 106 valence electrons. The Morgan fingerprint density at radius 1 is 1.37 bits per heavy atom. The fourth-order valence-corrected chi connectivity index (χ4v) is 1.69. The summed E-state index contributed by atoms with van der Waals surface area (Å²) in [5.41, 5.74) is -0.389. The van der Waals surface area contributed by atoms with Crippen molar-refractivity contribution >= 4 is 5.91 Å². The van der Waals surface area contributed by atoms with E-state index in [1.165, 1.54) is 11.0 Å². The SMILES string of the molecule is CC(NCC(O)c1c(F)cccc1F)C(=O)N(C)C. The van der Waals surface area contributed by atoms with Crippen LogP contribution in [0.5, 0.6) is 0 Å². The summed E-state index contributed by atoms with van der Waals surface area (Å²) in [6.07, 6.45) is -1.35. The van der Waals surface area contributed by atoms with Gasteiger partial charge in [-0.2, -0.15) is 0 Å². The van der Waals surface area contributed by atoms with Gasteiger partial charge in [0.15, 0.2) is 0 Å². The quantitative estimate of drug-likeness (QED) is 0.843. The van der Waals surface area contributed by atoms with Crippen molar-refractivity contribution in [1.82, 2.24) is 10.2 Å². The Kier molecular flexibility index (Phi) is 5.38. The molecule has 0 bridgehead atoms. The second-order valence-electron chi connectivity index (χ2n) is 4.51. The first-order valence-corrected chi connectivity index (χ1v) is 5.91. The first kappa shape index (κ1) is 15.5. The number of aliphatic hydroxyl groups is 1. The highest BCUT2D eigenvalue weighted by molar-refractivity contribution is 5.80. The molecular formula is C13H18F2N2O2. The summed E-state index contributed by atoms with van der Waals surface area (Å²) < 4.78 is 26.8. The van der Waals surface area contributed by atoms with Crippen LogP contribution >= 0.6 is 0 Å². The van der Waals surface area contributed by atoms with Gasteiger partial charge in [-0.15, -0.1) is 0 Å². The van der Waals surface area contributed by atoms with Crippen molar-refractivity contribution in [2.24, 2.45) is 0 Å². The normalized spacial score (nSPS) is 14.0. The van der Waals surface area contributed by atoms with Crippen molar-refractivity contribution in [3.8, 4) is 0 Å². The summed E-state index contributed by atoms with van der Waals surface area (Å²) in [6, 6.07) is 2.85. The summed E-state index contributed by atoms with van der Waals surface area (Å²) in [5, 5.41) is 12.5. The van der Waals surface area contributed by atoms with Gasteiger partial charge in [0.25, 0.3) is 0 Å². The third-order valence-electron chi connectivity index (χ3n) is 2.76. The zero-order chi connectivity index (χ0) is 14.6.